The topological polar surface area (TPSA) is 17.1 Å². The molecule has 0 heterocycles. The molecule has 2 aliphatic carbocycles. The molecule has 1 nitrogen and oxygen atoms in total. The number of hydrogen-bond donors (Lipinski definition) is 0. The molecule has 2 rings (SSSR count). The van der Waals surface area contributed by atoms with Crippen molar-refractivity contribution >= 4 is 6.29 Å². The number of carbonyl (C=O) groups is 1. The molecular formula is C16H26FeO. The molecule has 18 heavy (non-hydrogen) atoms. The molecule has 1 unspecified atom stereocenters. The molecule has 0 amide bonds. The summed E-state index contributed by atoms with van der Waals surface area (Å²) in [4.78, 5) is 10.3. The molecule has 0 aromatic carbocycles. The Balaban J connectivity index is 0.000000352. The molecule has 0 bridgehead atoms. The zero-order valence-corrected chi connectivity index (χ0v) is 12.9. The molecule has 0 aliphatic heterocycles. The monoisotopic (exact) mass is 290 g/mol. The fourth-order valence-electron chi connectivity index (χ4n) is 2.70. The summed E-state index contributed by atoms with van der Waals surface area (Å²) in [5, 5.41) is 0. The van der Waals surface area contributed by atoms with Crippen molar-refractivity contribution in [2.75, 3.05) is 0 Å². The van der Waals surface area contributed by atoms with Crippen LogP contribution in [0.5, 0.6) is 0 Å². The third-order valence-electron chi connectivity index (χ3n) is 3.95. The van der Waals surface area contributed by atoms with Gasteiger partial charge in [-0.3, -0.25) is 4.79 Å². The molecule has 2 aliphatic rings. The van der Waals surface area contributed by atoms with Crippen LogP contribution in [-0.2, 0) is 21.9 Å². The van der Waals surface area contributed by atoms with Gasteiger partial charge >= 0.3 is 17.1 Å². The van der Waals surface area contributed by atoms with Gasteiger partial charge in [-0.2, -0.15) is 39.0 Å². The average Bonchev–Trinajstić information content (AvgIpc) is 2.92. The Kier molecular flexibility index (Phi) is 9.77. The first kappa shape index (κ1) is 17.9. The molecule has 1 atom stereocenters. The average molecular weight is 290 g/mol. The van der Waals surface area contributed by atoms with Crippen LogP contribution in [0.2, 0.25) is 0 Å². The van der Waals surface area contributed by atoms with Crippen molar-refractivity contribution in [2.45, 2.75) is 65.2 Å². The molecular weight excluding hydrogens is 264 g/mol. The summed E-state index contributed by atoms with van der Waals surface area (Å²) >= 11 is 0. The van der Waals surface area contributed by atoms with Crippen molar-refractivity contribution in [3.8, 4) is 0 Å². The summed E-state index contributed by atoms with van der Waals surface area (Å²) in [5.74, 6) is 3.90. The summed E-state index contributed by atoms with van der Waals surface area (Å²) in [6, 6.07) is 0. The van der Waals surface area contributed by atoms with Crippen LogP contribution in [0.3, 0.4) is 0 Å². The van der Waals surface area contributed by atoms with Crippen LogP contribution >= 0.6 is 0 Å². The summed E-state index contributed by atoms with van der Waals surface area (Å²) < 4.78 is 0. The first-order valence-corrected chi connectivity index (χ1v) is 6.90. The van der Waals surface area contributed by atoms with E-state index < -0.39 is 0 Å². The Hall–Kier alpha value is -0.0705. The van der Waals surface area contributed by atoms with Crippen molar-refractivity contribution < 1.29 is 21.9 Å². The number of allylic oxidation sites excluding steroid dienone is 1. The van der Waals surface area contributed by atoms with E-state index in [9.17, 15) is 4.79 Å². The van der Waals surface area contributed by atoms with Gasteiger partial charge < -0.3 is 11.8 Å². The summed E-state index contributed by atoms with van der Waals surface area (Å²) in [7, 11) is 0. The maximum Gasteiger partial charge on any atom is 2.00 e. The molecule has 2 saturated carbocycles. The van der Waals surface area contributed by atoms with Crippen molar-refractivity contribution in [3.05, 3.63) is 24.0 Å². The van der Waals surface area contributed by atoms with Crippen molar-refractivity contribution in [1.29, 1.82) is 0 Å². The van der Waals surface area contributed by atoms with Gasteiger partial charge in [0.05, 0.1) is 0 Å². The second kappa shape index (κ2) is 9.81. The van der Waals surface area contributed by atoms with Gasteiger partial charge in [-0.1, -0.05) is 32.3 Å². The van der Waals surface area contributed by atoms with Crippen LogP contribution in [0.4, 0.5) is 0 Å². The van der Waals surface area contributed by atoms with Gasteiger partial charge in [0.2, 0.25) is 0 Å². The quantitative estimate of drug-likeness (QED) is 0.319. The van der Waals surface area contributed by atoms with Crippen LogP contribution in [0.15, 0.2) is 12.2 Å². The molecule has 0 N–H and O–H groups in total. The first-order valence-electron chi connectivity index (χ1n) is 6.90. The zero-order chi connectivity index (χ0) is 12.7. The Labute approximate surface area is 123 Å². The van der Waals surface area contributed by atoms with Crippen LogP contribution < -0.4 is 0 Å². The maximum absolute atomic E-state index is 10.3. The second-order valence-corrected chi connectivity index (χ2v) is 5.58. The van der Waals surface area contributed by atoms with Crippen molar-refractivity contribution in [1.82, 2.24) is 0 Å². The van der Waals surface area contributed by atoms with Crippen LogP contribution in [0, 0.1) is 17.8 Å². The Bertz CT molecular complexity index is 243. The van der Waals surface area contributed by atoms with Gasteiger partial charge in [0.25, 0.3) is 0 Å². The number of rotatable bonds is 3. The van der Waals surface area contributed by atoms with Gasteiger partial charge in [-0.15, -0.1) is 0 Å². The fraction of sp³-hybridized carbons (Fsp3) is 0.688. The van der Waals surface area contributed by atoms with Crippen molar-refractivity contribution in [2.24, 2.45) is 5.92 Å². The minimum atomic E-state index is 0. The normalized spacial score (nSPS) is 24.0. The molecule has 2 heteroatoms. The predicted octanol–water partition coefficient (Wildman–Crippen LogP) is 4.68. The van der Waals surface area contributed by atoms with Gasteiger partial charge in [-0.05, 0) is 12.0 Å². The first-order chi connectivity index (χ1) is 8.13. The van der Waals surface area contributed by atoms with E-state index in [4.69, 9.17) is 0 Å². The van der Waals surface area contributed by atoms with Crippen LogP contribution in [-0.4, -0.2) is 6.29 Å². The largest absolute Gasteiger partial charge is 2.00 e. The summed E-state index contributed by atoms with van der Waals surface area (Å²) in [6.07, 6.45) is 11.3. The molecule has 0 spiro atoms. The van der Waals surface area contributed by atoms with E-state index in [1.54, 1.807) is 11.8 Å². The SMILES string of the molecule is C=C(C=O)CC1CCC[C-]1C.C[C-]1CCCC1.[Fe+2]. The van der Waals surface area contributed by atoms with E-state index in [1.165, 1.54) is 44.9 Å². The minimum Gasteiger partial charge on any atom is -0.317 e. The third kappa shape index (κ3) is 6.75. The molecule has 0 aromatic heterocycles. The van der Waals surface area contributed by atoms with E-state index in [0.29, 0.717) is 5.92 Å². The van der Waals surface area contributed by atoms with Gasteiger partial charge in [0.1, 0.15) is 6.29 Å². The smallest absolute Gasteiger partial charge is 0.317 e. The van der Waals surface area contributed by atoms with E-state index in [2.05, 4.69) is 20.4 Å². The maximum atomic E-state index is 10.3. The molecule has 0 saturated heterocycles. The van der Waals surface area contributed by atoms with E-state index in [-0.39, 0.29) is 17.1 Å². The third-order valence-corrected chi connectivity index (χ3v) is 3.95. The van der Waals surface area contributed by atoms with E-state index >= 15 is 0 Å². The summed E-state index contributed by atoms with van der Waals surface area (Å²) in [5.41, 5.74) is 0.747. The second-order valence-electron chi connectivity index (χ2n) is 5.58. The fourth-order valence-corrected chi connectivity index (χ4v) is 2.70. The van der Waals surface area contributed by atoms with Gasteiger partial charge in [0, 0.05) is 0 Å². The van der Waals surface area contributed by atoms with Crippen LogP contribution in [0.1, 0.15) is 65.2 Å². The standard InChI is InChI=1S/C10H15O.C6H11.Fe/c1-8(7-11)6-10-5-3-4-9(10)2;1-6-4-2-3-5-6;/h7,10H,1,3-6H2,2H3;2-5H2,1H3;/q2*-1;+2. The van der Waals surface area contributed by atoms with Crippen molar-refractivity contribution in [3.63, 3.8) is 0 Å². The molecule has 0 radical (unpaired) electrons. The number of aldehydes is 1. The Morgan fingerprint density at radius 3 is 2.17 bits per heavy atom. The number of carbonyl (C=O) groups excluding carboxylic acids is 1. The van der Waals surface area contributed by atoms with E-state index in [1.807, 2.05) is 0 Å². The van der Waals surface area contributed by atoms with Crippen LogP contribution in [0.25, 0.3) is 0 Å². The molecule has 2 fully saturated rings. The Morgan fingerprint density at radius 1 is 1.22 bits per heavy atom. The molecule has 104 valence electrons. The van der Waals surface area contributed by atoms with E-state index in [0.717, 1.165) is 18.3 Å². The van der Waals surface area contributed by atoms with Gasteiger partial charge in [0.15, 0.2) is 0 Å². The zero-order valence-electron chi connectivity index (χ0n) is 11.8. The summed E-state index contributed by atoms with van der Waals surface area (Å²) in [6.45, 7) is 8.14. The molecule has 0 aromatic rings. The minimum absolute atomic E-state index is 0. The predicted molar refractivity (Wildman–Crippen MR) is 73.5 cm³/mol. The van der Waals surface area contributed by atoms with Gasteiger partial charge in [-0.25, -0.2) is 0 Å². The number of hydrogen-bond acceptors (Lipinski definition) is 1. The Morgan fingerprint density at radius 2 is 1.83 bits per heavy atom.